The Kier molecular flexibility index (Phi) is 3.70. The topological polar surface area (TPSA) is 15.3 Å². The monoisotopic (exact) mass is 270 g/mol. The smallest absolute Gasteiger partial charge is 0.123 e. The van der Waals surface area contributed by atoms with Crippen LogP contribution < -0.4 is 10.2 Å². The molecule has 1 aliphatic rings. The fourth-order valence-corrected chi connectivity index (χ4v) is 2.81. The summed E-state index contributed by atoms with van der Waals surface area (Å²) >= 11 is 0. The van der Waals surface area contributed by atoms with Crippen molar-refractivity contribution >= 4 is 5.69 Å². The van der Waals surface area contributed by atoms with E-state index in [0.29, 0.717) is 0 Å². The maximum absolute atomic E-state index is 13.1. The molecule has 104 valence electrons. The second-order valence-corrected chi connectivity index (χ2v) is 5.21. The van der Waals surface area contributed by atoms with E-state index in [4.69, 9.17) is 0 Å². The molecule has 1 N–H and O–H groups in total. The standard InChI is InChI=1S/C17H19FN2/c1-13-3-2-4-16(20-11-9-19-10-12-20)17(13)14-5-7-15(18)8-6-14/h2-8,19H,9-12H2,1H3. The quantitative estimate of drug-likeness (QED) is 0.901. The third-order valence-corrected chi connectivity index (χ3v) is 3.84. The molecule has 0 spiro atoms. The van der Waals surface area contributed by atoms with Crippen molar-refractivity contribution in [2.45, 2.75) is 6.92 Å². The number of hydrogen-bond donors (Lipinski definition) is 1. The van der Waals surface area contributed by atoms with Gasteiger partial charge in [0.2, 0.25) is 0 Å². The lowest BCUT2D eigenvalue weighted by Crippen LogP contribution is -2.43. The van der Waals surface area contributed by atoms with Gasteiger partial charge in [0.25, 0.3) is 0 Å². The molecule has 20 heavy (non-hydrogen) atoms. The molecule has 3 rings (SSSR count). The van der Waals surface area contributed by atoms with Gasteiger partial charge in [-0.1, -0.05) is 24.3 Å². The van der Waals surface area contributed by atoms with E-state index in [-0.39, 0.29) is 5.82 Å². The summed E-state index contributed by atoms with van der Waals surface area (Å²) in [6.07, 6.45) is 0. The van der Waals surface area contributed by atoms with Crippen LogP contribution in [0.25, 0.3) is 11.1 Å². The number of piperazine rings is 1. The SMILES string of the molecule is Cc1cccc(N2CCNCC2)c1-c1ccc(F)cc1. The lowest BCUT2D eigenvalue weighted by molar-refractivity contribution is 0.589. The Morgan fingerprint density at radius 1 is 1.00 bits per heavy atom. The number of rotatable bonds is 2. The van der Waals surface area contributed by atoms with Crippen molar-refractivity contribution in [2.24, 2.45) is 0 Å². The molecule has 2 aromatic rings. The highest BCUT2D eigenvalue weighted by Crippen LogP contribution is 2.34. The molecule has 0 atom stereocenters. The van der Waals surface area contributed by atoms with Crippen LogP contribution in [0.5, 0.6) is 0 Å². The van der Waals surface area contributed by atoms with Crippen molar-refractivity contribution in [3.8, 4) is 11.1 Å². The fourth-order valence-electron chi connectivity index (χ4n) is 2.81. The average molecular weight is 270 g/mol. The molecule has 0 radical (unpaired) electrons. The van der Waals surface area contributed by atoms with Crippen LogP contribution in [0.1, 0.15) is 5.56 Å². The molecule has 1 saturated heterocycles. The first-order valence-corrected chi connectivity index (χ1v) is 7.07. The average Bonchev–Trinajstić information content (AvgIpc) is 2.49. The van der Waals surface area contributed by atoms with E-state index >= 15 is 0 Å². The molecule has 2 aromatic carbocycles. The van der Waals surface area contributed by atoms with Gasteiger partial charge in [-0.05, 0) is 36.2 Å². The second-order valence-electron chi connectivity index (χ2n) is 5.21. The fraction of sp³-hybridized carbons (Fsp3) is 0.294. The van der Waals surface area contributed by atoms with Gasteiger partial charge < -0.3 is 10.2 Å². The highest BCUT2D eigenvalue weighted by atomic mass is 19.1. The van der Waals surface area contributed by atoms with Crippen molar-refractivity contribution in [1.82, 2.24) is 5.32 Å². The van der Waals surface area contributed by atoms with Crippen molar-refractivity contribution in [1.29, 1.82) is 0 Å². The molecule has 1 heterocycles. The zero-order valence-corrected chi connectivity index (χ0v) is 11.7. The third kappa shape index (κ3) is 2.54. The Balaban J connectivity index is 2.06. The summed E-state index contributed by atoms with van der Waals surface area (Å²) in [4.78, 5) is 2.40. The Bertz CT molecular complexity index is 586. The Morgan fingerprint density at radius 2 is 1.70 bits per heavy atom. The predicted octanol–water partition coefficient (Wildman–Crippen LogP) is 3.21. The number of hydrogen-bond acceptors (Lipinski definition) is 2. The first-order chi connectivity index (χ1) is 9.75. The number of halogens is 1. The summed E-state index contributed by atoms with van der Waals surface area (Å²) in [5, 5.41) is 3.37. The van der Waals surface area contributed by atoms with Crippen molar-refractivity contribution in [3.05, 3.63) is 53.8 Å². The summed E-state index contributed by atoms with van der Waals surface area (Å²) in [7, 11) is 0. The van der Waals surface area contributed by atoms with Gasteiger partial charge in [-0.15, -0.1) is 0 Å². The predicted molar refractivity (Wildman–Crippen MR) is 81.7 cm³/mol. The van der Waals surface area contributed by atoms with Crippen LogP contribution in [0.3, 0.4) is 0 Å². The molecule has 0 aliphatic carbocycles. The molecule has 2 nitrogen and oxygen atoms in total. The van der Waals surface area contributed by atoms with Crippen LogP contribution in [-0.2, 0) is 0 Å². The van der Waals surface area contributed by atoms with E-state index in [1.807, 2.05) is 12.1 Å². The Labute approximate surface area is 119 Å². The van der Waals surface area contributed by atoms with Gasteiger partial charge in [-0.2, -0.15) is 0 Å². The molecule has 0 unspecified atom stereocenters. The number of benzene rings is 2. The largest absolute Gasteiger partial charge is 0.368 e. The van der Waals surface area contributed by atoms with E-state index < -0.39 is 0 Å². The number of aryl methyl sites for hydroxylation is 1. The summed E-state index contributed by atoms with van der Waals surface area (Å²) in [6, 6.07) is 13.2. The molecule has 0 aromatic heterocycles. The van der Waals surface area contributed by atoms with Crippen molar-refractivity contribution in [2.75, 3.05) is 31.1 Å². The minimum Gasteiger partial charge on any atom is -0.368 e. The lowest BCUT2D eigenvalue weighted by Gasteiger charge is -2.31. The minimum absolute atomic E-state index is 0.189. The van der Waals surface area contributed by atoms with Gasteiger partial charge in [0.05, 0.1) is 0 Å². The van der Waals surface area contributed by atoms with Crippen LogP contribution in [0.4, 0.5) is 10.1 Å². The zero-order chi connectivity index (χ0) is 13.9. The zero-order valence-electron chi connectivity index (χ0n) is 11.7. The molecule has 3 heteroatoms. The molecule has 1 aliphatic heterocycles. The molecule has 0 amide bonds. The first kappa shape index (κ1) is 13.1. The van der Waals surface area contributed by atoms with Gasteiger partial charge in [-0.25, -0.2) is 4.39 Å². The van der Waals surface area contributed by atoms with Crippen LogP contribution in [0, 0.1) is 12.7 Å². The van der Waals surface area contributed by atoms with E-state index in [1.54, 1.807) is 0 Å². The van der Waals surface area contributed by atoms with Crippen molar-refractivity contribution < 1.29 is 4.39 Å². The minimum atomic E-state index is -0.189. The van der Waals surface area contributed by atoms with E-state index in [9.17, 15) is 4.39 Å². The van der Waals surface area contributed by atoms with E-state index in [0.717, 1.165) is 31.7 Å². The maximum atomic E-state index is 13.1. The van der Waals surface area contributed by atoms with Crippen LogP contribution >= 0.6 is 0 Å². The van der Waals surface area contributed by atoms with E-state index in [2.05, 4.69) is 35.3 Å². The maximum Gasteiger partial charge on any atom is 0.123 e. The highest BCUT2D eigenvalue weighted by Gasteiger charge is 2.16. The van der Waals surface area contributed by atoms with E-state index in [1.165, 1.54) is 28.9 Å². The van der Waals surface area contributed by atoms with Crippen LogP contribution in [0.2, 0.25) is 0 Å². The number of nitrogens with zero attached hydrogens (tertiary/aromatic N) is 1. The molecular formula is C17H19FN2. The number of nitrogens with one attached hydrogen (secondary N) is 1. The van der Waals surface area contributed by atoms with Gasteiger partial charge in [0.1, 0.15) is 5.82 Å². The Morgan fingerprint density at radius 3 is 2.40 bits per heavy atom. The summed E-state index contributed by atoms with van der Waals surface area (Å²) in [6.45, 7) is 6.16. The lowest BCUT2D eigenvalue weighted by atomic mass is 9.97. The summed E-state index contributed by atoms with van der Waals surface area (Å²) in [5.41, 5.74) is 4.78. The van der Waals surface area contributed by atoms with Gasteiger partial charge >= 0.3 is 0 Å². The van der Waals surface area contributed by atoms with Gasteiger partial charge in [0.15, 0.2) is 0 Å². The molecule has 1 fully saturated rings. The summed E-state index contributed by atoms with van der Waals surface area (Å²) in [5.74, 6) is -0.189. The van der Waals surface area contributed by atoms with Crippen molar-refractivity contribution in [3.63, 3.8) is 0 Å². The molecular weight excluding hydrogens is 251 g/mol. The van der Waals surface area contributed by atoms with Gasteiger partial charge in [0, 0.05) is 37.4 Å². The highest BCUT2D eigenvalue weighted by molar-refractivity contribution is 5.81. The van der Waals surface area contributed by atoms with Crippen LogP contribution in [-0.4, -0.2) is 26.2 Å². The van der Waals surface area contributed by atoms with Gasteiger partial charge in [-0.3, -0.25) is 0 Å². The molecule has 0 saturated carbocycles. The summed E-state index contributed by atoms with van der Waals surface area (Å²) < 4.78 is 13.1. The first-order valence-electron chi connectivity index (χ1n) is 7.07. The second kappa shape index (κ2) is 5.63. The molecule has 0 bridgehead atoms. The van der Waals surface area contributed by atoms with Crippen LogP contribution in [0.15, 0.2) is 42.5 Å². The Hall–Kier alpha value is -1.87. The normalized spacial score (nSPS) is 15.4. The third-order valence-electron chi connectivity index (χ3n) is 3.84. The number of anilines is 1.